The van der Waals surface area contributed by atoms with Gasteiger partial charge in [-0.05, 0) is 26.0 Å². The van der Waals surface area contributed by atoms with Crippen molar-refractivity contribution in [2.45, 2.75) is 20.4 Å². The van der Waals surface area contributed by atoms with Crippen molar-refractivity contribution in [2.24, 2.45) is 0 Å². The molecule has 2 N–H and O–H groups in total. The summed E-state index contributed by atoms with van der Waals surface area (Å²) >= 11 is 0. The fourth-order valence-corrected chi connectivity index (χ4v) is 2.86. The third kappa shape index (κ3) is 4.73. The van der Waals surface area contributed by atoms with Gasteiger partial charge in [-0.25, -0.2) is 0 Å². The van der Waals surface area contributed by atoms with Crippen LogP contribution in [0.15, 0.2) is 42.5 Å². The lowest BCUT2D eigenvalue weighted by Crippen LogP contribution is -3.11. The molecule has 2 aromatic rings. The highest BCUT2D eigenvalue weighted by molar-refractivity contribution is 5.91. The van der Waals surface area contributed by atoms with E-state index in [1.807, 2.05) is 18.2 Å². The highest BCUT2D eigenvalue weighted by atomic mass is 16.6. The smallest absolute Gasteiger partial charge is 0.279 e. The zero-order valence-electron chi connectivity index (χ0n) is 14.8. The summed E-state index contributed by atoms with van der Waals surface area (Å²) in [5.41, 5.74) is 3.23. The van der Waals surface area contributed by atoms with Crippen LogP contribution in [0, 0.1) is 6.92 Å². The first-order chi connectivity index (χ1) is 12.1. The average Bonchev–Trinajstić information content (AvgIpc) is 2.63. The second-order valence-corrected chi connectivity index (χ2v) is 6.35. The summed E-state index contributed by atoms with van der Waals surface area (Å²) in [4.78, 5) is 13.6. The number of hydrogen-bond acceptors (Lipinski definition) is 3. The van der Waals surface area contributed by atoms with Gasteiger partial charge >= 0.3 is 0 Å². The summed E-state index contributed by atoms with van der Waals surface area (Å²) in [6.07, 6.45) is 0. The maximum atomic E-state index is 12.4. The van der Waals surface area contributed by atoms with Crippen molar-refractivity contribution in [1.29, 1.82) is 0 Å². The normalized spacial score (nSPS) is 14.0. The van der Waals surface area contributed by atoms with E-state index >= 15 is 0 Å². The molecule has 132 valence electrons. The van der Waals surface area contributed by atoms with Crippen molar-refractivity contribution in [3.63, 3.8) is 0 Å². The van der Waals surface area contributed by atoms with E-state index in [9.17, 15) is 4.79 Å². The molecule has 0 saturated heterocycles. The van der Waals surface area contributed by atoms with Crippen LogP contribution in [0.4, 0.5) is 5.69 Å². The van der Waals surface area contributed by atoms with Crippen LogP contribution in [0.2, 0.25) is 0 Å². The topological polar surface area (TPSA) is 52.0 Å². The van der Waals surface area contributed by atoms with Gasteiger partial charge in [-0.2, -0.15) is 0 Å². The Kier molecular flexibility index (Phi) is 5.56. The van der Waals surface area contributed by atoms with E-state index in [2.05, 4.69) is 43.4 Å². The maximum Gasteiger partial charge on any atom is 0.279 e. The molecule has 0 bridgehead atoms. The molecule has 1 unspecified atom stereocenters. The van der Waals surface area contributed by atoms with E-state index in [0.29, 0.717) is 25.5 Å². The highest BCUT2D eigenvalue weighted by Gasteiger charge is 2.16. The molecule has 0 aromatic heterocycles. The Labute approximate surface area is 148 Å². The predicted octanol–water partition coefficient (Wildman–Crippen LogP) is 1.81. The minimum absolute atomic E-state index is 0.000592. The molecule has 0 fully saturated rings. The molecular weight excluding hydrogens is 316 g/mol. The van der Waals surface area contributed by atoms with Gasteiger partial charge in [0.2, 0.25) is 0 Å². The third-order valence-electron chi connectivity index (χ3n) is 4.31. The predicted molar refractivity (Wildman–Crippen MR) is 97.3 cm³/mol. The average molecular weight is 341 g/mol. The molecule has 1 heterocycles. The zero-order valence-corrected chi connectivity index (χ0v) is 14.8. The standard InChI is InChI=1S/C20H24N2O3/c1-3-22(13-16-6-4-15(2)5-7-16)14-20(23)21-17-8-9-18-19(12-17)25-11-10-24-18/h4-9,12H,3,10-11,13-14H2,1-2H3,(H,21,23)/p+1. The van der Waals surface area contributed by atoms with E-state index in [0.717, 1.165) is 24.5 Å². The van der Waals surface area contributed by atoms with Gasteiger partial charge in [0.1, 0.15) is 19.8 Å². The number of rotatable bonds is 6. The van der Waals surface area contributed by atoms with Crippen molar-refractivity contribution < 1.29 is 19.2 Å². The Hall–Kier alpha value is -2.53. The number of nitrogens with one attached hydrogen (secondary N) is 2. The number of carbonyl (C=O) groups is 1. The SMILES string of the molecule is CC[NH+](CC(=O)Nc1ccc2c(c1)OCCO2)Cc1ccc(C)cc1. The van der Waals surface area contributed by atoms with E-state index in [4.69, 9.17) is 9.47 Å². The minimum Gasteiger partial charge on any atom is -0.486 e. The van der Waals surface area contributed by atoms with Crippen LogP contribution in [0.1, 0.15) is 18.1 Å². The van der Waals surface area contributed by atoms with Crippen molar-refractivity contribution in [3.8, 4) is 11.5 Å². The summed E-state index contributed by atoms with van der Waals surface area (Å²) in [5, 5.41) is 2.96. The monoisotopic (exact) mass is 341 g/mol. The number of quaternary nitrogens is 1. The van der Waals surface area contributed by atoms with Crippen LogP contribution in [0.5, 0.6) is 11.5 Å². The minimum atomic E-state index is 0.000592. The second kappa shape index (κ2) is 8.03. The van der Waals surface area contributed by atoms with Gasteiger partial charge in [-0.1, -0.05) is 29.8 Å². The number of benzene rings is 2. The van der Waals surface area contributed by atoms with E-state index < -0.39 is 0 Å². The van der Waals surface area contributed by atoms with Crippen LogP contribution < -0.4 is 19.7 Å². The lowest BCUT2D eigenvalue weighted by atomic mass is 10.1. The molecule has 1 atom stereocenters. The van der Waals surface area contributed by atoms with Crippen LogP contribution in [-0.4, -0.2) is 32.2 Å². The second-order valence-electron chi connectivity index (χ2n) is 6.35. The number of anilines is 1. The Bertz CT molecular complexity index is 728. The summed E-state index contributed by atoms with van der Waals surface area (Å²) in [5.74, 6) is 1.41. The molecule has 0 aliphatic carbocycles. The first-order valence-corrected chi connectivity index (χ1v) is 8.72. The van der Waals surface area contributed by atoms with E-state index in [1.54, 1.807) is 0 Å². The molecule has 5 heteroatoms. The molecule has 5 nitrogen and oxygen atoms in total. The number of aryl methyl sites for hydroxylation is 1. The van der Waals surface area contributed by atoms with Crippen molar-refractivity contribution >= 4 is 11.6 Å². The summed E-state index contributed by atoms with van der Waals surface area (Å²) in [6.45, 7) is 7.43. The van der Waals surface area contributed by atoms with Crippen LogP contribution in [-0.2, 0) is 11.3 Å². The van der Waals surface area contributed by atoms with Gasteiger partial charge in [0.05, 0.1) is 6.54 Å². The lowest BCUT2D eigenvalue weighted by Gasteiger charge is -2.20. The van der Waals surface area contributed by atoms with Gasteiger partial charge in [0.15, 0.2) is 18.0 Å². The van der Waals surface area contributed by atoms with Crippen molar-refractivity contribution in [3.05, 3.63) is 53.6 Å². The third-order valence-corrected chi connectivity index (χ3v) is 4.31. The summed E-state index contributed by atoms with van der Waals surface area (Å²) in [6, 6.07) is 14.0. The van der Waals surface area contributed by atoms with Gasteiger partial charge in [-0.15, -0.1) is 0 Å². The first kappa shape index (κ1) is 17.3. The largest absolute Gasteiger partial charge is 0.486 e. The van der Waals surface area contributed by atoms with Gasteiger partial charge in [-0.3, -0.25) is 4.79 Å². The summed E-state index contributed by atoms with van der Waals surface area (Å²) in [7, 11) is 0. The van der Waals surface area contributed by atoms with Gasteiger partial charge in [0.25, 0.3) is 5.91 Å². The molecule has 3 rings (SSSR count). The van der Waals surface area contributed by atoms with E-state index in [-0.39, 0.29) is 5.91 Å². The summed E-state index contributed by atoms with van der Waals surface area (Å²) < 4.78 is 11.1. The quantitative estimate of drug-likeness (QED) is 0.843. The molecule has 1 amide bonds. The highest BCUT2D eigenvalue weighted by Crippen LogP contribution is 2.32. The van der Waals surface area contributed by atoms with Gasteiger partial charge < -0.3 is 19.7 Å². The van der Waals surface area contributed by atoms with Crippen LogP contribution in [0.3, 0.4) is 0 Å². The molecule has 0 radical (unpaired) electrons. The number of carbonyl (C=O) groups excluding carboxylic acids is 1. The fraction of sp³-hybridized carbons (Fsp3) is 0.350. The molecule has 1 aliphatic rings. The molecule has 0 spiro atoms. The Morgan fingerprint density at radius 2 is 1.80 bits per heavy atom. The van der Waals surface area contributed by atoms with Crippen molar-refractivity contribution in [1.82, 2.24) is 0 Å². The zero-order chi connectivity index (χ0) is 17.6. The first-order valence-electron chi connectivity index (χ1n) is 8.72. The number of ether oxygens (including phenoxy) is 2. The number of hydrogen-bond donors (Lipinski definition) is 2. The fourth-order valence-electron chi connectivity index (χ4n) is 2.86. The molecule has 1 aliphatic heterocycles. The molecule has 0 saturated carbocycles. The van der Waals surface area contributed by atoms with Crippen LogP contribution in [0.25, 0.3) is 0 Å². The van der Waals surface area contributed by atoms with Gasteiger partial charge in [0, 0.05) is 17.3 Å². The molecule has 25 heavy (non-hydrogen) atoms. The molecular formula is C20H25N2O3+. The Morgan fingerprint density at radius 3 is 2.52 bits per heavy atom. The van der Waals surface area contributed by atoms with E-state index in [1.165, 1.54) is 16.0 Å². The number of likely N-dealkylation sites (N-methyl/N-ethyl adjacent to an activating group) is 1. The number of fused-ring (bicyclic) bond motifs is 1. The Balaban J connectivity index is 1.57. The lowest BCUT2D eigenvalue weighted by molar-refractivity contribution is -0.903. The number of amides is 1. The van der Waals surface area contributed by atoms with Crippen LogP contribution >= 0.6 is 0 Å². The Morgan fingerprint density at radius 1 is 1.08 bits per heavy atom. The molecule has 2 aromatic carbocycles. The maximum absolute atomic E-state index is 12.4. The van der Waals surface area contributed by atoms with Crippen molar-refractivity contribution in [2.75, 3.05) is 31.6 Å².